The van der Waals surface area contributed by atoms with Crippen molar-refractivity contribution in [3.8, 4) is 0 Å². The molecule has 1 atom stereocenters. The van der Waals surface area contributed by atoms with E-state index in [1.807, 2.05) is 49.0 Å². The summed E-state index contributed by atoms with van der Waals surface area (Å²) in [5.74, 6) is 0.282. The fourth-order valence-electron chi connectivity index (χ4n) is 3.01. The van der Waals surface area contributed by atoms with Crippen molar-refractivity contribution in [3.63, 3.8) is 0 Å². The first-order chi connectivity index (χ1) is 12.1. The van der Waals surface area contributed by atoms with Crippen molar-refractivity contribution in [3.05, 3.63) is 66.5 Å². The molecule has 6 heteroatoms. The Morgan fingerprint density at radius 2 is 2.08 bits per heavy atom. The smallest absolute Gasteiger partial charge is 0.360 e. The molecule has 4 nitrogen and oxygen atoms in total. The van der Waals surface area contributed by atoms with Crippen LogP contribution in [0.2, 0.25) is 0 Å². The van der Waals surface area contributed by atoms with Crippen LogP contribution in [0.25, 0.3) is 0 Å². The number of esters is 1. The van der Waals surface area contributed by atoms with Gasteiger partial charge in [-0.15, -0.1) is 0 Å². The first-order valence-corrected chi connectivity index (χ1v) is 9.44. The number of nitrogens with zero attached hydrogens (tertiary/aromatic N) is 2. The number of aromatic nitrogens is 2. The molecule has 2 aromatic rings. The third-order valence-electron chi connectivity index (χ3n) is 4.65. The summed E-state index contributed by atoms with van der Waals surface area (Å²) in [6.45, 7) is 5.71. The lowest BCUT2D eigenvalue weighted by atomic mass is 9.96. The molecular formula is C19H21FN2O2S. The third kappa shape index (κ3) is 3.63. The van der Waals surface area contributed by atoms with E-state index in [2.05, 4.69) is 11.6 Å². The number of carbonyl (C=O) groups excluding carboxylic acids is 1. The molecule has 1 fully saturated rings. The molecule has 0 radical (unpaired) electrons. The third-order valence-corrected chi connectivity index (χ3v) is 5.63. The van der Waals surface area contributed by atoms with Crippen LogP contribution in [0, 0.1) is 5.95 Å². The molecule has 132 valence electrons. The average Bonchev–Trinajstić information content (AvgIpc) is 3.04. The van der Waals surface area contributed by atoms with Gasteiger partial charge in [-0.25, -0.2) is 9.78 Å². The quantitative estimate of drug-likeness (QED) is 0.591. The van der Waals surface area contributed by atoms with Crippen LogP contribution >= 0.6 is 11.8 Å². The van der Waals surface area contributed by atoms with Crippen LogP contribution in [-0.4, -0.2) is 32.6 Å². The number of halogens is 1. The van der Waals surface area contributed by atoms with Crippen LogP contribution in [0.4, 0.5) is 4.39 Å². The lowest BCUT2D eigenvalue weighted by Crippen LogP contribution is -2.37. The van der Waals surface area contributed by atoms with Crippen LogP contribution in [0.3, 0.4) is 0 Å². The van der Waals surface area contributed by atoms with E-state index in [0.29, 0.717) is 12.8 Å². The summed E-state index contributed by atoms with van der Waals surface area (Å²) < 4.78 is 21.5. The molecule has 25 heavy (non-hydrogen) atoms. The maximum Gasteiger partial charge on any atom is 0.360 e. The van der Waals surface area contributed by atoms with Crippen molar-refractivity contribution >= 4 is 17.7 Å². The summed E-state index contributed by atoms with van der Waals surface area (Å²) in [7, 11) is 0. The van der Waals surface area contributed by atoms with Gasteiger partial charge in [-0.05, 0) is 42.9 Å². The van der Waals surface area contributed by atoms with Crippen LogP contribution in [0.15, 0.2) is 49.3 Å². The van der Waals surface area contributed by atoms with Gasteiger partial charge in [-0.2, -0.15) is 16.2 Å². The molecule has 3 rings (SSSR count). The summed E-state index contributed by atoms with van der Waals surface area (Å²) >= 11 is 1.81. The minimum absolute atomic E-state index is 0.143. The summed E-state index contributed by atoms with van der Waals surface area (Å²) in [6, 6.07) is 9.35. The molecule has 2 heterocycles. The minimum atomic E-state index is -0.808. The van der Waals surface area contributed by atoms with E-state index in [1.54, 1.807) is 6.08 Å². The second kappa shape index (κ2) is 7.44. The molecule has 1 aliphatic heterocycles. The second-order valence-corrected chi connectivity index (χ2v) is 7.37. The van der Waals surface area contributed by atoms with Crippen LogP contribution in [0.1, 0.15) is 41.9 Å². The van der Waals surface area contributed by atoms with Gasteiger partial charge in [0.2, 0.25) is 5.95 Å². The first kappa shape index (κ1) is 17.7. The van der Waals surface area contributed by atoms with Crippen molar-refractivity contribution < 1.29 is 13.9 Å². The van der Waals surface area contributed by atoms with E-state index in [1.165, 1.54) is 10.9 Å². The molecule has 0 aliphatic carbocycles. The van der Waals surface area contributed by atoms with Gasteiger partial charge in [0, 0.05) is 0 Å². The van der Waals surface area contributed by atoms with Crippen molar-refractivity contribution in [1.82, 2.24) is 9.55 Å². The zero-order valence-corrected chi connectivity index (χ0v) is 15.0. The Labute approximate surface area is 151 Å². The molecule has 1 aliphatic rings. The summed E-state index contributed by atoms with van der Waals surface area (Å²) in [5.41, 5.74) is 0.0945. The van der Waals surface area contributed by atoms with Gasteiger partial charge in [0.25, 0.3) is 0 Å². The highest BCUT2D eigenvalue weighted by Crippen LogP contribution is 2.33. The molecule has 0 N–H and O–H groups in total. The molecule has 0 amide bonds. The van der Waals surface area contributed by atoms with Crippen LogP contribution < -0.4 is 0 Å². The number of thioether (sulfide) groups is 1. The summed E-state index contributed by atoms with van der Waals surface area (Å²) in [4.78, 5) is 16.4. The Kier molecular flexibility index (Phi) is 5.27. The van der Waals surface area contributed by atoms with Crippen molar-refractivity contribution in [2.45, 2.75) is 31.4 Å². The fourth-order valence-corrected chi connectivity index (χ4v) is 4.20. The van der Waals surface area contributed by atoms with Gasteiger partial charge in [-0.3, -0.25) is 0 Å². The van der Waals surface area contributed by atoms with E-state index in [4.69, 9.17) is 4.74 Å². The van der Waals surface area contributed by atoms with Crippen LogP contribution in [-0.2, 0) is 4.74 Å². The standard InChI is InChI=1S/C19H21FN2O2S/c1-3-19(9-11-25-12-10-19)24-18(23)16-17(20)21-13-22(16)14(2)15-7-5-4-6-8-15/h3-8,13-14H,1,9-12H2,2H3/t14-/m1/s1. The predicted octanol–water partition coefficient (Wildman–Crippen LogP) is 4.24. The highest BCUT2D eigenvalue weighted by atomic mass is 32.2. The highest BCUT2D eigenvalue weighted by molar-refractivity contribution is 7.99. The predicted molar refractivity (Wildman–Crippen MR) is 97.3 cm³/mol. The number of imidazole rings is 1. The lowest BCUT2D eigenvalue weighted by molar-refractivity contribution is -0.00101. The van der Waals surface area contributed by atoms with Gasteiger partial charge < -0.3 is 9.30 Å². The zero-order valence-electron chi connectivity index (χ0n) is 14.2. The maximum absolute atomic E-state index is 14.3. The number of benzene rings is 1. The van der Waals surface area contributed by atoms with Crippen molar-refractivity contribution in [1.29, 1.82) is 0 Å². The molecular weight excluding hydrogens is 339 g/mol. The van der Waals surface area contributed by atoms with Crippen molar-refractivity contribution in [2.75, 3.05) is 11.5 Å². The Morgan fingerprint density at radius 3 is 2.72 bits per heavy atom. The Hall–Kier alpha value is -2.08. The summed E-state index contributed by atoms with van der Waals surface area (Å²) in [6.07, 6.45) is 4.40. The topological polar surface area (TPSA) is 44.1 Å². The monoisotopic (exact) mass is 360 g/mol. The van der Waals surface area contributed by atoms with Gasteiger partial charge in [0.05, 0.1) is 12.4 Å². The number of hydrogen-bond acceptors (Lipinski definition) is 4. The first-order valence-electron chi connectivity index (χ1n) is 8.28. The van der Waals surface area contributed by atoms with Crippen LogP contribution in [0.5, 0.6) is 0 Å². The normalized spacial score (nSPS) is 17.7. The minimum Gasteiger partial charge on any atom is -0.450 e. The number of carbonyl (C=O) groups is 1. The highest BCUT2D eigenvalue weighted by Gasteiger charge is 2.36. The Morgan fingerprint density at radius 1 is 1.40 bits per heavy atom. The second-order valence-electron chi connectivity index (χ2n) is 6.15. The Balaban J connectivity index is 1.88. The fraction of sp³-hybridized carbons (Fsp3) is 0.368. The summed E-state index contributed by atoms with van der Waals surface area (Å²) in [5, 5.41) is 0. The molecule has 0 spiro atoms. The SMILES string of the molecule is C=CC1(OC(=O)c2c(F)ncn2[C@H](C)c2ccccc2)CCSCC1. The van der Waals surface area contributed by atoms with Gasteiger partial charge in [0.15, 0.2) is 5.69 Å². The van der Waals surface area contributed by atoms with Gasteiger partial charge in [0.1, 0.15) is 5.60 Å². The van der Waals surface area contributed by atoms with E-state index in [0.717, 1.165) is 17.1 Å². The molecule has 1 saturated heterocycles. The Bertz CT molecular complexity index is 754. The molecule has 1 aromatic carbocycles. The largest absolute Gasteiger partial charge is 0.450 e. The van der Waals surface area contributed by atoms with Gasteiger partial charge in [-0.1, -0.05) is 36.9 Å². The number of rotatable bonds is 5. The number of hydrogen-bond donors (Lipinski definition) is 0. The lowest BCUT2D eigenvalue weighted by Gasteiger charge is -2.33. The maximum atomic E-state index is 14.3. The molecule has 0 bridgehead atoms. The van der Waals surface area contributed by atoms with Crippen molar-refractivity contribution in [2.24, 2.45) is 0 Å². The molecule has 0 saturated carbocycles. The van der Waals surface area contributed by atoms with E-state index in [9.17, 15) is 9.18 Å². The number of ether oxygens (including phenoxy) is 1. The van der Waals surface area contributed by atoms with Gasteiger partial charge >= 0.3 is 5.97 Å². The molecule has 1 aromatic heterocycles. The zero-order chi connectivity index (χ0) is 17.9. The van der Waals surface area contributed by atoms with E-state index < -0.39 is 17.5 Å². The van der Waals surface area contributed by atoms with E-state index >= 15 is 0 Å². The van der Waals surface area contributed by atoms with E-state index in [-0.39, 0.29) is 11.7 Å². The molecule has 0 unspecified atom stereocenters. The average molecular weight is 360 g/mol.